The first-order chi connectivity index (χ1) is 12.8. The monoisotopic (exact) mass is 386 g/mol. The zero-order valence-corrected chi connectivity index (χ0v) is 16.0. The maximum absolute atomic E-state index is 12.4. The predicted octanol–water partition coefficient (Wildman–Crippen LogP) is 1.26. The molecule has 142 valence electrons. The van der Waals surface area contributed by atoms with Gasteiger partial charge in [-0.3, -0.25) is 4.79 Å². The first kappa shape index (κ1) is 20.6. The number of carbonyl (C=O) groups is 1. The van der Waals surface area contributed by atoms with Gasteiger partial charge in [-0.2, -0.15) is 5.26 Å². The van der Waals surface area contributed by atoms with Crippen LogP contribution in [0.4, 0.5) is 0 Å². The van der Waals surface area contributed by atoms with Crippen molar-refractivity contribution in [2.75, 3.05) is 27.2 Å². The summed E-state index contributed by atoms with van der Waals surface area (Å²) in [6.07, 6.45) is 0. The third kappa shape index (κ3) is 5.89. The molecule has 27 heavy (non-hydrogen) atoms. The van der Waals surface area contributed by atoms with Crippen LogP contribution in [0.1, 0.15) is 17.2 Å². The minimum absolute atomic E-state index is 0.0279. The SMILES string of the molecule is CN(C)C[C@@H](NC(=O)CNS(=O)(=O)c1ccccc1C#N)c1ccccc1. The van der Waals surface area contributed by atoms with Crippen LogP contribution in [0.3, 0.4) is 0 Å². The average Bonchev–Trinajstić information content (AvgIpc) is 2.66. The molecular weight excluding hydrogens is 364 g/mol. The van der Waals surface area contributed by atoms with Crippen LogP contribution in [0.25, 0.3) is 0 Å². The zero-order valence-electron chi connectivity index (χ0n) is 15.2. The van der Waals surface area contributed by atoms with Crippen molar-refractivity contribution in [2.24, 2.45) is 0 Å². The van der Waals surface area contributed by atoms with Gasteiger partial charge in [-0.1, -0.05) is 42.5 Å². The Morgan fingerprint density at radius 3 is 2.37 bits per heavy atom. The number of likely N-dealkylation sites (N-methyl/N-ethyl adjacent to an activating group) is 1. The molecule has 0 unspecified atom stereocenters. The molecule has 0 aliphatic rings. The Kier molecular flexibility index (Phi) is 7.07. The lowest BCUT2D eigenvalue weighted by molar-refractivity contribution is -0.120. The quantitative estimate of drug-likeness (QED) is 0.711. The van der Waals surface area contributed by atoms with Gasteiger partial charge >= 0.3 is 0 Å². The molecule has 0 aromatic heterocycles. The fraction of sp³-hybridized carbons (Fsp3) is 0.263. The Hall–Kier alpha value is -2.73. The van der Waals surface area contributed by atoms with E-state index in [2.05, 4.69) is 10.0 Å². The molecule has 7 nitrogen and oxygen atoms in total. The molecule has 0 bridgehead atoms. The van der Waals surface area contributed by atoms with E-state index in [0.717, 1.165) is 5.56 Å². The lowest BCUT2D eigenvalue weighted by Gasteiger charge is -2.23. The van der Waals surface area contributed by atoms with Crippen LogP contribution in [-0.2, 0) is 14.8 Å². The molecular formula is C19H22N4O3S. The van der Waals surface area contributed by atoms with Crippen LogP contribution >= 0.6 is 0 Å². The van der Waals surface area contributed by atoms with E-state index >= 15 is 0 Å². The minimum atomic E-state index is -3.97. The van der Waals surface area contributed by atoms with Gasteiger partial charge in [-0.25, -0.2) is 13.1 Å². The summed E-state index contributed by atoms with van der Waals surface area (Å²) >= 11 is 0. The first-order valence-corrected chi connectivity index (χ1v) is 9.79. The van der Waals surface area contributed by atoms with Gasteiger partial charge in [-0.15, -0.1) is 0 Å². The van der Waals surface area contributed by atoms with Crippen LogP contribution in [0.2, 0.25) is 0 Å². The Labute approximate surface area is 159 Å². The average molecular weight is 386 g/mol. The lowest BCUT2D eigenvalue weighted by Crippen LogP contribution is -2.41. The molecule has 0 aliphatic heterocycles. The molecule has 2 aromatic carbocycles. The number of sulfonamides is 1. The van der Waals surface area contributed by atoms with Crippen molar-refractivity contribution in [3.8, 4) is 6.07 Å². The highest BCUT2D eigenvalue weighted by molar-refractivity contribution is 7.89. The van der Waals surface area contributed by atoms with Crippen molar-refractivity contribution in [2.45, 2.75) is 10.9 Å². The second-order valence-electron chi connectivity index (χ2n) is 6.23. The highest BCUT2D eigenvalue weighted by Crippen LogP contribution is 2.15. The van der Waals surface area contributed by atoms with Gasteiger partial charge in [0.15, 0.2) is 0 Å². The van der Waals surface area contributed by atoms with Crippen molar-refractivity contribution in [3.05, 3.63) is 65.7 Å². The number of amides is 1. The molecule has 0 saturated carbocycles. The summed E-state index contributed by atoms with van der Waals surface area (Å²) in [4.78, 5) is 14.1. The van der Waals surface area contributed by atoms with Crippen molar-refractivity contribution in [3.63, 3.8) is 0 Å². The van der Waals surface area contributed by atoms with E-state index in [0.29, 0.717) is 6.54 Å². The molecule has 0 fully saturated rings. The topological polar surface area (TPSA) is 102 Å². The van der Waals surface area contributed by atoms with Crippen LogP contribution in [0.5, 0.6) is 0 Å². The summed E-state index contributed by atoms with van der Waals surface area (Å²) in [7, 11) is -0.180. The van der Waals surface area contributed by atoms with Crippen molar-refractivity contribution >= 4 is 15.9 Å². The number of nitrogens with one attached hydrogen (secondary N) is 2. The molecule has 2 rings (SSSR count). The van der Waals surface area contributed by atoms with Gasteiger partial charge < -0.3 is 10.2 Å². The van der Waals surface area contributed by atoms with E-state index < -0.39 is 22.5 Å². The smallest absolute Gasteiger partial charge is 0.242 e. The number of carbonyl (C=O) groups excluding carboxylic acids is 1. The van der Waals surface area contributed by atoms with Crippen molar-refractivity contribution in [1.29, 1.82) is 5.26 Å². The number of nitrogens with zero attached hydrogens (tertiary/aromatic N) is 2. The molecule has 0 saturated heterocycles. The normalized spacial score (nSPS) is 12.4. The second kappa shape index (κ2) is 9.28. The third-order valence-corrected chi connectivity index (χ3v) is 5.26. The fourth-order valence-corrected chi connectivity index (χ4v) is 3.70. The third-order valence-electron chi connectivity index (χ3n) is 3.80. The molecule has 0 aliphatic carbocycles. The van der Waals surface area contributed by atoms with Gasteiger partial charge in [0.25, 0.3) is 0 Å². The van der Waals surface area contributed by atoms with Crippen molar-refractivity contribution < 1.29 is 13.2 Å². The predicted molar refractivity (Wildman–Crippen MR) is 102 cm³/mol. The Morgan fingerprint density at radius 2 is 1.74 bits per heavy atom. The molecule has 2 aromatic rings. The molecule has 0 spiro atoms. The largest absolute Gasteiger partial charge is 0.347 e. The number of nitriles is 1. The van der Waals surface area contributed by atoms with Gasteiger partial charge in [0.05, 0.1) is 23.0 Å². The summed E-state index contributed by atoms with van der Waals surface area (Å²) in [5, 5.41) is 11.9. The summed E-state index contributed by atoms with van der Waals surface area (Å²) in [5.74, 6) is -0.455. The highest BCUT2D eigenvalue weighted by Gasteiger charge is 2.21. The Bertz CT molecular complexity index is 921. The van der Waals surface area contributed by atoms with Gasteiger partial charge in [0.1, 0.15) is 6.07 Å². The minimum Gasteiger partial charge on any atom is -0.347 e. The Balaban J connectivity index is 2.06. The van der Waals surface area contributed by atoms with E-state index in [1.54, 1.807) is 6.07 Å². The van der Waals surface area contributed by atoms with Crippen LogP contribution in [-0.4, -0.2) is 46.4 Å². The maximum Gasteiger partial charge on any atom is 0.242 e. The van der Waals surface area contributed by atoms with Gasteiger partial charge in [0, 0.05) is 6.54 Å². The van der Waals surface area contributed by atoms with E-state index in [1.807, 2.05) is 55.4 Å². The Morgan fingerprint density at radius 1 is 1.11 bits per heavy atom. The number of hydrogen-bond acceptors (Lipinski definition) is 5. The number of benzene rings is 2. The number of rotatable bonds is 8. The van der Waals surface area contributed by atoms with E-state index in [4.69, 9.17) is 5.26 Å². The molecule has 1 atom stereocenters. The first-order valence-electron chi connectivity index (χ1n) is 8.31. The second-order valence-corrected chi connectivity index (χ2v) is 7.96. The molecule has 2 N–H and O–H groups in total. The molecule has 0 radical (unpaired) electrons. The molecule has 8 heteroatoms. The van der Waals surface area contributed by atoms with E-state index in [9.17, 15) is 13.2 Å². The van der Waals surface area contributed by atoms with Crippen LogP contribution in [0, 0.1) is 11.3 Å². The summed E-state index contributed by atoms with van der Waals surface area (Å²) in [6, 6.07) is 16.9. The van der Waals surface area contributed by atoms with Gasteiger partial charge in [-0.05, 0) is 31.8 Å². The fourth-order valence-electron chi connectivity index (χ4n) is 2.56. The van der Waals surface area contributed by atoms with E-state index in [1.165, 1.54) is 18.2 Å². The maximum atomic E-state index is 12.4. The van der Waals surface area contributed by atoms with Gasteiger partial charge in [0.2, 0.25) is 15.9 Å². The molecule has 1 amide bonds. The van der Waals surface area contributed by atoms with Crippen molar-refractivity contribution in [1.82, 2.24) is 14.9 Å². The zero-order chi connectivity index (χ0) is 19.9. The summed E-state index contributed by atoms with van der Waals surface area (Å²) in [6.45, 7) is 0.151. The summed E-state index contributed by atoms with van der Waals surface area (Å²) < 4.78 is 27.1. The standard InChI is InChI=1S/C19H22N4O3S/c1-23(2)14-17(15-8-4-3-5-9-15)22-19(24)13-21-27(25,26)18-11-7-6-10-16(18)12-20/h3-11,17,21H,13-14H2,1-2H3,(H,22,24)/t17-/m1/s1. The lowest BCUT2D eigenvalue weighted by atomic mass is 10.1. The summed E-state index contributed by atoms with van der Waals surface area (Å²) in [5.41, 5.74) is 0.956. The van der Waals surface area contributed by atoms with Crippen LogP contribution in [0.15, 0.2) is 59.5 Å². The number of hydrogen-bond donors (Lipinski definition) is 2. The highest BCUT2D eigenvalue weighted by atomic mass is 32.2. The van der Waals surface area contributed by atoms with Crippen LogP contribution < -0.4 is 10.0 Å². The molecule has 0 heterocycles. The van der Waals surface area contributed by atoms with E-state index in [-0.39, 0.29) is 16.5 Å².